The topological polar surface area (TPSA) is 84.5 Å². The average molecular weight is 481 g/mol. The maximum atomic E-state index is 13.4. The van der Waals surface area contributed by atoms with Gasteiger partial charge in [-0.3, -0.25) is 4.79 Å². The van der Waals surface area contributed by atoms with Crippen LogP contribution in [0.1, 0.15) is 40.8 Å². The van der Waals surface area contributed by atoms with Gasteiger partial charge in [-0.25, -0.2) is 8.42 Å². The summed E-state index contributed by atoms with van der Waals surface area (Å²) in [5, 5.41) is 2.96. The molecule has 0 spiro atoms. The van der Waals surface area contributed by atoms with Gasteiger partial charge in [-0.1, -0.05) is 66.2 Å². The first-order valence-electron chi connectivity index (χ1n) is 11.2. The summed E-state index contributed by atoms with van der Waals surface area (Å²) in [6.07, 6.45) is 0.217. The third-order valence-electron chi connectivity index (χ3n) is 5.73. The van der Waals surface area contributed by atoms with Crippen LogP contribution < -0.4 is 14.8 Å². The average Bonchev–Trinajstić information content (AvgIpc) is 2.78. The molecule has 0 radical (unpaired) electrons. The molecule has 0 saturated carbocycles. The molecule has 3 aromatic carbocycles. The van der Waals surface area contributed by atoms with Gasteiger partial charge in [0.1, 0.15) is 11.8 Å². The van der Waals surface area contributed by atoms with Crippen LogP contribution in [0.5, 0.6) is 5.75 Å². The Balaban J connectivity index is 1.91. The van der Waals surface area contributed by atoms with Crippen LogP contribution in [0, 0.1) is 20.8 Å². The second kappa shape index (κ2) is 10.8. The molecule has 2 N–H and O–H groups in total. The van der Waals surface area contributed by atoms with Crippen molar-refractivity contribution in [3.8, 4) is 5.75 Å². The van der Waals surface area contributed by atoms with Crippen molar-refractivity contribution in [1.29, 1.82) is 0 Å². The van der Waals surface area contributed by atoms with E-state index in [0.717, 1.165) is 16.7 Å². The molecule has 0 saturated heterocycles. The monoisotopic (exact) mass is 480 g/mol. The zero-order valence-corrected chi connectivity index (χ0v) is 21.1. The van der Waals surface area contributed by atoms with Gasteiger partial charge >= 0.3 is 0 Å². The minimum absolute atomic E-state index is 0.210. The van der Waals surface area contributed by atoms with E-state index in [1.54, 1.807) is 21.0 Å². The van der Waals surface area contributed by atoms with Crippen molar-refractivity contribution < 1.29 is 17.9 Å². The molecule has 0 fully saturated rings. The summed E-state index contributed by atoms with van der Waals surface area (Å²) in [7, 11) is -2.38. The van der Waals surface area contributed by atoms with E-state index in [1.165, 1.54) is 0 Å². The fourth-order valence-corrected chi connectivity index (χ4v) is 5.94. The van der Waals surface area contributed by atoms with Gasteiger partial charge in [0.25, 0.3) is 0 Å². The molecular formula is C27H32N2O4S. The molecule has 2 atom stereocenters. The number of hydrogen-bond donors (Lipinski definition) is 2. The van der Waals surface area contributed by atoms with Crippen LogP contribution >= 0.6 is 0 Å². The van der Waals surface area contributed by atoms with Crippen LogP contribution in [0.2, 0.25) is 0 Å². The third kappa shape index (κ3) is 6.04. The molecule has 0 bridgehead atoms. The zero-order valence-electron chi connectivity index (χ0n) is 20.3. The number of para-hydroxylation sites is 1. The quantitative estimate of drug-likeness (QED) is 0.476. The Bertz CT molecular complexity index is 1230. The van der Waals surface area contributed by atoms with Gasteiger partial charge in [0.2, 0.25) is 15.9 Å². The lowest BCUT2D eigenvalue weighted by Gasteiger charge is -2.23. The Hall–Kier alpha value is -3.16. The molecule has 0 aliphatic rings. The van der Waals surface area contributed by atoms with Crippen molar-refractivity contribution in [2.24, 2.45) is 0 Å². The third-order valence-corrected chi connectivity index (χ3v) is 7.51. The maximum absolute atomic E-state index is 13.4. The van der Waals surface area contributed by atoms with Crippen molar-refractivity contribution in [1.82, 2.24) is 10.0 Å². The van der Waals surface area contributed by atoms with Crippen molar-refractivity contribution in [2.45, 2.75) is 51.1 Å². The Morgan fingerprint density at radius 3 is 2.15 bits per heavy atom. The summed E-state index contributed by atoms with van der Waals surface area (Å²) in [6, 6.07) is 19.1. The fourth-order valence-electron chi connectivity index (χ4n) is 4.29. The summed E-state index contributed by atoms with van der Waals surface area (Å²) >= 11 is 0. The van der Waals surface area contributed by atoms with Crippen LogP contribution in [0.25, 0.3) is 0 Å². The van der Waals surface area contributed by atoms with Crippen LogP contribution in [0.4, 0.5) is 0 Å². The highest BCUT2D eigenvalue weighted by molar-refractivity contribution is 7.89. The molecule has 1 amide bonds. The zero-order chi connectivity index (χ0) is 24.9. The number of nitrogens with one attached hydrogen (secondary N) is 2. The van der Waals surface area contributed by atoms with Gasteiger partial charge < -0.3 is 10.1 Å². The lowest BCUT2D eigenvalue weighted by molar-refractivity contribution is -0.123. The number of hydrogen-bond acceptors (Lipinski definition) is 4. The van der Waals surface area contributed by atoms with Gasteiger partial charge in [0.05, 0.1) is 18.0 Å². The Kier molecular flexibility index (Phi) is 8.12. The van der Waals surface area contributed by atoms with E-state index in [4.69, 9.17) is 4.74 Å². The predicted molar refractivity (Wildman–Crippen MR) is 134 cm³/mol. The lowest BCUT2D eigenvalue weighted by atomic mass is 10.0. The standard InChI is InChI=1S/C27H32N2O4S/c1-18-15-19(2)26(20(3)16-18)34(31,32)29-24(17-22-11-7-6-8-12-22)27(30)28-21(4)23-13-9-10-14-25(23)33-5/h6-16,21,24,29H,17H2,1-5H3,(H,28,30)/t21-,24-/m1/s1. The number of carbonyl (C=O) groups is 1. The molecule has 7 heteroatoms. The van der Waals surface area contributed by atoms with E-state index in [0.29, 0.717) is 16.9 Å². The van der Waals surface area contributed by atoms with Crippen LogP contribution in [-0.4, -0.2) is 27.5 Å². The number of aryl methyl sites for hydroxylation is 3. The number of benzene rings is 3. The molecule has 0 aliphatic heterocycles. The number of rotatable bonds is 9. The molecule has 3 rings (SSSR count). The number of sulfonamides is 1. The molecular weight excluding hydrogens is 448 g/mol. The van der Waals surface area contributed by atoms with E-state index in [-0.39, 0.29) is 17.4 Å². The molecule has 6 nitrogen and oxygen atoms in total. The summed E-state index contributed by atoms with van der Waals surface area (Å²) < 4.78 is 35.0. The highest BCUT2D eigenvalue weighted by atomic mass is 32.2. The van der Waals surface area contributed by atoms with Gasteiger partial charge in [0.15, 0.2) is 0 Å². The number of methoxy groups -OCH3 is 1. The molecule has 0 heterocycles. The molecule has 180 valence electrons. The highest BCUT2D eigenvalue weighted by Gasteiger charge is 2.29. The van der Waals surface area contributed by atoms with Gasteiger partial charge in [0, 0.05) is 5.56 Å². The Morgan fingerprint density at radius 1 is 0.941 bits per heavy atom. The van der Waals surface area contributed by atoms with Crippen LogP contribution in [0.15, 0.2) is 71.6 Å². The SMILES string of the molecule is COc1ccccc1[C@@H](C)NC(=O)[C@@H](Cc1ccccc1)NS(=O)(=O)c1c(C)cc(C)cc1C. The summed E-state index contributed by atoms with van der Waals surface area (Å²) in [5.41, 5.74) is 3.94. The molecule has 0 unspecified atom stereocenters. The lowest BCUT2D eigenvalue weighted by Crippen LogP contribution is -2.48. The largest absolute Gasteiger partial charge is 0.496 e. The van der Waals surface area contributed by atoms with E-state index in [2.05, 4.69) is 10.0 Å². The summed E-state index contributed by atoms with van der Waals surface area (Å²) in [4.78, 5) is 13.6. The van der Waals surface area contributed by atoms with Crippen molar-refractivity contribution in [3.05, 3.63) is 94.5 Å². The first-order valence-corrected chi connectivity index (χ1v) is 12.7. The molecule has 0 aromatic heterocycles. The number of ether oxygens (including phenoxy) is 1. The van der Waals surface area contributed by atoms with Gasteiger partial charge in [-0.15, -0.1) is 0 Å². The smallest absolute Gasteiger partial charge is 0.241 e. The second-order valence-corrected chi connectivity index (χ2v) is 10.2. The molecule has 0 aliphatic carbocycles. The number of amides is 1. The summed E-state index contributed by atoms with van der Waals surface area (Å²) in [6.45, 7) is 7.31. The Labute approximate surface area is 202 Å². The molecule has 34 heavy (non-hydrogen) atoms. The fraction of sp³-hybridized carbons (Fsp3) is 0.296. The maximum Gasteiger partial charge on any atom is 0.241 e. The first-order chi connectivity index (χ1) is 16.1. The summed E-state index contributed by atoms with van der Waals surface area (Å²) in [5.74, 6) is 0.245. The molecule has 3 aromatic rings. The highest BCUT2D eigenvalue weighted by Crippen LogP contribution is 2.25. The van der Waals surface area contributed by atoms with Crippen LogP contribution in [0.3, 0.4) is 0 Å². The van der Waals surface area contributed by atoms with Gasteiger partial charge in [-0.2, -0.15) is 4.72 Å². The van der Waals surface area contributed by atoms with Crippen LogP contribution in [-0.2, 0) is 21.2 Å². The second-order valence-electron chi connectivity index (χ2n) is 8.56. The van der Waals surface area contributed by atoms with E-state index in [9.17, 15) is 13.2 Å². The minimum Gasteiger partial charge on any atom is -0.496 e. The van der Waals surface area contributed by atoms with Gasteiger partial charge in [-0.05, 0) is 56.9 Å². The number of carbonyl (C=O) groups excluding carboxylic acids is 1. The van der Waals surface area contributed by atoms with Crippen molar-refractivity contribution >= 4 is 15.9 Å². The van der Waals surface area contributed by atoms with Crippen molar-refractivity contribution in [3.63, 3.8) is 0 Å². The predicted octanol–water partition coefficient (Wildman–Crippen LogP) is 4.39. The van der Waals surface area contributed by atoms with E-state index in [1.807, 2.05) is 80.6 Å². The van der Waals surface area contributed by atoms with Crippen molar-refractivity contribution in [2.75, 3.05) is 7.11 Å². The minimum atomic E-state index is -3.95. The first kappa shape index (κ1) is 25.5. The normalized spacial score (nSPS) is 13.2. The Morgan fingerprint density at radius 2 is 1.53 bits per heavy atom. The van der Waals surface area contributed by atoms with E-state index >= 15 is 0 Å². The van der Waals surface area contributed by atoms with E-state index < -0.39 is 22.0 Å².